The molecule has 1 saturated heterocycles. The van der Waals surface area contributed by atoms with E-state index in [4.69, 9.17) is 0 Å². The molecule has 2 aromatic heterocycles. The number of carbonyl (C=O) groups excluding carboxylic acids is 2. The van der Waals surface area contributed by atoms with Gasteiger partial charge < -0.3 is 10.2 Å². The summed E-state index contributed by atoms with van der Waals surface area (Å²) in [7, 11) is 0. The lowest BCUT2D eigenvalue weighted by Crippen LogP contribution is -2.47. The third-order valence-corrected chi connectivity index (χ3v) is 6.10. The van der Waals surface area contributed by atoms with E-state index in [-0.39, 0.29) is 0 Å². The fraction of sp³-hybridized carbons (Fsp3) is 0.261. The fourth-order valence-corrected chi connectivity index (χ4v) is 4.42. The van der Waals surface area contributed by atoms with Crippen molar-refractivity contribution in [2.24, 2.45) is 0 Å². The van der Waals surface area contributed by atoms with Crippen LogP contribution in [0.15, 0.2) is 60.1 Å². The van der Waals surface area contributed by atoms with Gasteiger partial charge >= 0.3 is 6.18 Å². The van der Waals surface area contributed by atoms with Gasteiger partial charge in [-0.25, -0.2) is 4.68 Å². The summed E-state index contributed by atoms with van der Waals surface area (Å²) in [5, 5.41) is 8.48. The number of hydrogen-bond acceptors (Lipinski definition) is 4. The van der Waals surface area contributed by atoms with Gasteiger partial charge in [0.2, 0.25) is 11.8 Å². The molecule has 1 aliphatic heterocycles. The second kappa shape index (κ2) is 9.62. The minimum absolute atomic E-state index is 0.314. The van der Waals surface area contributed by atoms with Crippen molar-refractivity contribution in [2.75, 3.05) is 13.1 Å². The first-order valence-corrected chi connectivity index (χ1v) is 11.2. The van der Waals surface area contributed by atoms with Crippen LogP contribution in [-0.2, 0) is 9.59 Å². The molecule has 1 aromatic carbocycles. The van der Waals surface area contributed by atoms with Crippen LogP contribution in [0.25, 0.3) is 22.3 Å². The summed E-state index contributed by atoms with van der Waals surface area (Å²) >= 11 is 1.52. The minimum atomic E-state index is -4.50. The highest BCUT2D eigenvalue weighted by atomic mass is 32.1. The second-order valence-electron chi connectivity index (χ2n) is 7.55. The highest BCUT2D eigenvalue weighted by Crippen LogP contribution is 2.29. The molecule has 0 aliphatic carbocycles. The summed E-state index contributed by atoms with van der Waals surface area (Å²) in [6, 6.07) is 12.5. The Morgan fingerprint density at radius 1 is 1.18 bits per heavy atom. The summed E-state index contributed by atoms with van der Waals surface area (Å²) in [6.07, 6.45) is 1.17. The molecule has 0 bridgehead atoms. The Bertz CT molecular complexity index is 1140. The number of para-hydroxylation sites is 1. The molecular weight excluding hydrogens is 453 g/mol. The zero-order valence-electron chi connectivity index (χ0n) is 17.5. The van der Waals surface area contributed by atoms with Gasteiger partial charge in [0.15, 0.2) is 0 Å². The van der Waals surface area contributed by atoms with Gasteiger partial charge in [-0.3, -0.25) is 9.59 Å². The predicted octanol–water partition coefficient (Wildman–Crippen LogP) is 4.28. The molecule has 10 heteroatoms. The molecule has 1 atom stereocenters. The number of halogens is 3. The van der Waals surface area contributed by atoms with Crippen molar-refractivity contribution >= 4 is 29.2 Å². The lowest BCUT2D eigenvalue weighted by atomic mass is 10.2. The molecule has 172 valence electrons. The number of rotatable bonds is 6. The summed E-state index contributed by atoms with van der Waals surface area (Å²) in [6.45, 7) is -1.10. The number of likely N-dealkylation sites (tertiary alicyclic amines) is 1. The zero-order valence-corrected chi connectivity index (χ0v) is 18.3. The molecule has 3 heterocycles. The predicted molar refractivity (Wildman–Crippen MR) is 120 cm³/mol. The lowest BCUT2D eigenvalue weighted by molar-refractivity contribution is -0.143. The van der Waals surface area contributed by atoms with Crippen LogP contribution in [0.3, 0.4) is 0 Å². The molecule has 1 unspecified atom stereocenters. The van der Waals surface area contributed by atoms with Crippen molar-refractivity contribution < 1.29 is 22.8 Å². The van der Waals surface area contributed by atoms with Crippen LogP contribution in [0.1, 0.15) is 18.4 Å². The smallest absolute Gasteiger partial charge is 0.345 e. The molecule has 0 spiro atoms. The minimum Gasteiger partial charge on any atom is -0.345 e. The van der Waals surface area contributed by atoms with Gasteiger partial charge in [-0.1, -0.05) is 24.3 Å². The summed E-state index contributed by atoms with van der Waals surface area (Å²) in [5.74, 6) is -1.22. The fourth-order valence-electron chi connectivity index (χ4n) is 3.69. The van der Waals surface area contributed by atoms with E-state index in [9.17, 15) is 22.8 Å². The average molecular weight is 475 g/mol. The van der Waals surface area contributed by atoms with Gasteiger partial charge in [0, 0.05) is 24.4 Å². The van der Waals surface area contributed by atoms with Crippen molar-refractivity contribution in [3.8, 4) is 16.3 Å². The first kappa shape index (κ1) is 22.8. The molecule has 1 N–H and O–H groups in total. The summed E-state index contributed by atoms with van der Waals surface area (Å²) < 4.78 is 39.0. The average Bonchev–Trinajstić information content (AvgIpc) is 3.56. The molecule has 1 fully saturated rings. The van der Waals surface area contributed by atoms with Crippen molar-refractivity contribution in [3.63, 3.8) is 0 Å². The molecule has 1 aliphatic rings. The highest BCUT2D eigenvalue weighted by molar-refractivity contribution is 7.13. The molecule has 0 saturated carbocycles. The maximum Gasteiger partial charge on any atom is 0.405 e. The van der Waals surface area contributed by atoms with Crippen molar-refractivity contribution in [1.82, 2.24) is 20.0 Å². The number of aromatic nitrogens is 2. The standard InChI is InChI=1S/C23H21F3N4O2S/c24-23(25,26)15-27-22(32)18-8-4-12-29(18)20(31)11-10-16-14-30(17-6-2-1-3-7-17)28-21(16)19-9-5-13-33-19/h1-3,5-7,9-11,13-14,18H,4,8,12,15H2,(H,27,32). The van der Waals surface area contributed by atoms with Crippen LogP contribution in [0.4, 0.5) is 13.2 Å². The Kier molecular flexibility index (Phi) is 6.64. The molecule has 2 amide bonds. The largest absolute Gasteiger partial charge is 0.405 e. The first-order chi connectivity index (χ1) is 15.8. The maximum atomic E-state index is 12.8. The van der Waals surface area contributed by atoms with Gasteiger partial charge in [-0.05, 0) is 42.5 Å². The van der Waals surface area contributed by atoms with Crippen LogP contribution in [0, 0.1) is 0 Å². The Hall–Kier alpha value is -3.40. The third kappa shape index (κ3) is 5.51. The van der Waals surface area contributed by atoms with E-state index < -0.39 is 30.6 Å². The van der Waals surface area contributed by atoms with E-state index in [0.717, 1.165) is 10.6 Å². The molecule has 4 rings (SSSR count). The third-order valence-electron chi connectivity index (χ3n) is 5.22. The highest BCUT2D eigenvalue weighted by Gasteiger charge is 2.35. The number of nitrogens with zero attached hydrogens (tertiary/aromatic N) is 3. The van der Waals surface area contributed by atoms with E-state index in [2.05, 4.69) is 5.10 Å². The van der Waals surface area contributed by atoms with E-state index in [1.165, 1.54) is 22.3 Å². The Labute approximate surface area is 192 Å². The van der Waals surface area contributed by atoms with Gasteiger partial charge in [0.25, 0.3) is 0 Å². The topological polar surface area (TPSA) is 67.2 Å². The Balaban J connectivity index is 1.54. The number of hydrogen-bond donors (Lipinski definition) is 1. The number of carbonyl (C=O) groups is 2. The number of benzene rings is 1. The monoisotopic (exact) mass is 474 g/mol. The number of amides is 2. The normalized spacial score (nSPS) is 16.5. The van der Waals surface area contributed by atoms with Gasteiger partial charge in [-0.2, -0.15) is 18.3 Å². The van der Waals surface area contributed by atoms with Gasteiger partial charge in [-0.15, -0.1) is 11.3 Å². The molecule has 33 heavy (non-hydrogen) atoms. The molecule has 6 nitrogen and oxygen atoms in total. The van der Waals surface area contributed by atoms with Gasteiger partial charge in [0.1, 0.15) is 18.3 Å². The van der Waals surface area contributed by atoms with Crippen LogP contribution in [0.2, 0.25) is 0 Å². The number of nitrogens with one attached hydrogen (secondary N) is 1. The zero-order chi connectivity index (χ0) is 23.4. The summed E-state index contributed by atoms with van der Waals surface area (Å²) in [5.41, 5.74) is 2.29. The molecule has 3 aromatic rings. The van der Waals surface area contributed by atoms with E-state index in [1.54, 1.807) is 10.8 Å². The summed E-state index contributed by atoms with van der Waals surface area (Å²) in [4.78, 5) is 27.3. The first-order valence-electron chi connectivity index (χ1n) is 10.3. The van der Waals surface area contributed by atoms with Crippen LogP contribution in [0.5, 0.6) is 0 Å². The molecular formula is C23H21F3N4O2S. The van der Waals surface area contributed by atoms with E-state index in [0.29, 0.717) is 30.6 Å². The second-order valence-corrected chi connectivity index (χ2v) is 8.49. The van der Waals surface area contributed by atoms with E-state index in [1.807, 2.05) is 59.4 Å². The SMILES string of the molecule is O=C(NCC(F)(F)F)C1CCCN1C(=O)C=Cc1cn(-c2ccccc2)nc1-c1cccs1. The van der Waals surface area contributed by atoms with Crippen LogP contribution in [-0.4, -0.2) is 51.8 Å². The Morgan fingerprint density at radius 2 is 1.97 bits per heavy atom. The van der Waals surface area contributed by atoms with Crippen molar-refractivity contribution in [1.29, 1.82) is 0 Å². The number of alkyl halides is 3. The number of thiophene rings is 1. The quantitative estimate of drug-likeness (QED) is 0.543. The molecule has 0 radical (unpaired) electrons. The van der Waals surface area contributed by atoms with Crippen molar-refractivity contribution in [3.05, 3.63) is 65.7 Å². The van der Waals surface area contributed by atoms with Crippen LogP contribution >= 0.6 is 11.3 Å². The van der Waals surface area contributed by atoms with Crippen molar-refractivity contribution in [2.45, 2.75) is 25.1 Å². The maximum absolute atomic E-state index is 12.8. The Morgan fingerprint density at radius 3 is 2.67 bits per heavy atom. The van der Waals surface area contributed by atoms with Gasteiger partial charge in [0.05, 0.1) is 10.6 Å². The lowest BCUT2D eigenvalue weighted by Gasteiger charge is -2.23. The van der Waals surface area contributed by atoms with E-state index >= 15 is 0 Å². The van der Waals surface area contributed by atoms with Crippen LogP contribution < -0.4 is 5.32 Å².